The smallest absolute Gasteiger partial charge is 0.106 e. The van der Waals surface area contributed by atoms with Crippen molar-refractivity contribution in [2.24, 2.45) is 11.3 Å². The minimum atomic E-state index is 0.369. The molecule has 1 aliphatic carbocycles. The molecule has 1 aromatic carbocycles. The molecule has 236 valence electrons. The molecule has 6 nitrogen and oxygen atoms in total. The minimum absolute atomic E-state index is 0.369. The Morgan fingerprint density at radius 1 is 0.829 bits per heavy atom. The largest absolute Gasteiger partial charge is 0.381 e. The van der Waals surface area contributed by atoms with E-state index in [-0.39, 0.29) is 0 Å². The molecule has 5 unspecified atom stereocenters. The van der Waals surface area contributed by atoms with E-state index in [4.69, 9.17) is 28.4 Å². The van der Waals surface area contributed by atoms with Crippen LogP contribution in [0.3, 0.4) is 0 Å². The monoisotopic (exact) mass is 576 g/mol. The van der Waals surface area contributed by atoms with Crippen LogP contribution in [0.1, 0.15) is 109 Å². The molecule has 0 bridgehead atoms. The second-order valence-electron chi connectivity index (χ2n) is 12.5. The van der Waals surface area contributed by atoms with E-state index in [9.17, 15) is 0 Å². The number of hydrogen-bond donors (Lipinski definition) is 0. The van der Waals surface area contributed by atoms with Gasteiger partial charge < -0.3 is 28.4 Å². The number of fused-ring (bicyclic) bond motifs is 1. The van der Waals surface area contributed by atoms with E-state index in [1.165, 1.54) is 75.3 Å². The summed E-state index contributed by atoms with van der Waals surface area (Å²) in [7, 11) is 0. The topological polar surface area (TPSA) is 65.3 Å². The van der Waals surface area contributed by atoms with E-state index >= 15 is 0 Å². The molecule has 0 radical (unpaired) electrons. The summed E-state index contributed by atoms with van der Waals surface area (Å²) in [6.45, 7) is 18.1. The lowest BCUT2D eigenvalue weighted by Gasteiger charge is -2.40. The van der Waals surface area contributed by atoms with Crippen LogP contribution < -0.4 is 0 Å². The van der Waals surface area contributed by atoms with Crippen molar-refractivity contribution in [2.75, 3.05) is 52.9 Å². The van der Waals surface area contributed by atoms with Crippen molar-refractivity contribution in [3.8, 4) is 0 Å². The molecule has 0 spiro atoms. The van der Waals surface area contributed by atoms with Crippen molar-refractivity contribution in [1.82, 2.24) is 0 Å². The van der Waals surface area contributed by atoms with Gasteiger partial charge in [-0.15, -0.1) is 0 Å². The number of benzene rings is 1. The molecular formula is C35H60O6. The summed E-state index contributed by atoms with van der Waals surface area (Å²) in [5, 5.41) is 0. The summed E-state index contributed by atoms with van der Waals surface area (Å²) in [5.74, 6) is 0.994. The standard InChI is InChI=1S/C10H20O2.C9H10O.C9H16O.C7H14O2/c1-3-5-6-11-7-10(4-2)8-12-9-10;1-7-2-4-8(5-3-7)9-6-10-9;1-2-3-7-4-5-8-9(6-7)10-8;1-2-3-4-8-5-7-6-9-7/h3-9H2,1-2H3;2-5,9H,6H2,1H3;7-9H,2-6H2,1H3;7H,2-6H2,1H3. The maximum atomic E-state index is 5.59. The van der Waals surface area contributed by atoms with Crippen molar-refractivity contribution in [1.29, 1.82) is 0 Å². The van der Waals surface area contributed by atoms with E-state index in [1.807, 2.05) is 0 Å². The fourth-order valence-corrected chi connectivity index (χ4v) is 5.12. The predicted octanol–water partition coefficient (Wildman–Crippen LogP) is 7.85. The summed E-state index contributed by atoms with van der Waals surface area (Å²) in [5.41, 5.74) is 2.99. The van der Waals surface area contributed by atoms with Gasteiger partial charge in [0.1, 0.15) is 12.2 Å². The van der Waals surface area contributed by atoms with Crippen LogP contribution in [0.15, 0.2) is 24.3 Å². The van der Waals surface area contributed by atoms with E-state index in [0.717, 1.165) is 58.8 Å². The average Bonchev–Trinajstić information content (AvgIpc) is 3.82. The highest BCUT2D eigenvalue weighted by molar-refractivity contribution is 5.24. The molecule has 0 N–H and O–H groups in total. The third kappa shape index (κ3) is 14.3. The minimum Gasteiger partial charge on any atom is -0.381 e. The van der Waals surface area contributed by atoms with Crippen LogP contribution in [0.5, 0.6) is 0 Å². The lowest BCUT2D eigenvalue weighted by Crippen LogP contribution is -2.45. The second kappa shape index (κ2) is 19.3. The van der Waals surface area contributed by atoms with Crippen LogP contribution in [-0.4, -0.2) is 71.2 Å². The summed E-state index contributed by atoms with van der Waals surface area (Å²) < 4.78 is 31.6. The molecule has 6 rings (SSSR count). The molecule has 1 saturated carbocycles. The van der Waals surface area contributed by atoms with Gasteiger partial charge in [0.15, 0.2) is 0 Å². The first kappa shape index (κ1) is 34.5. The van der Waals surface area contributed by atoms with Gasteiger partial charge in [0.05, 0.1) is 51.8 Å². The molecule has 5 atom stereocenters. The quantitative estimate of drug-likeness (QED) is 0.166. The molecule has 41 heavy (non-hydrogen) atoms. The van der Waals surface area contributed by atoms with Gasteiger partial charge in [-0.1, -0.05) is 83.2 Å². The predicted molar refractivity (Wildman–Crippen MR) is 166 cm³/mol. The highest BCUT2D eigenvalue weighted by Crippen LogP contribution is 2.40. The lowest BCUT2D eigenvalue weighted by molar-refractivity contribution is -0.150. The molecule has 0 aromatic heterocycles. The van der Waals surface area contributed by atoms with Gasteiger partial charge in [0.25, 0.3) is 0 Å². The number of unbranched alkanes of at least 4 members (excludes halogenated alkanes) is 2. The zero-order chi connectivity index (χ0) is 29.3. The summed E-state index contributed by atoms with van der Waals surface area (Å²) in [4.78, 5) is 0. The Balaban J connectivity index is 0.000000151. The fraction of sp³-hybridized carbons (Fsp3) is 0.829. The SMILES string of the molecule is CCCC1CCC2OC2C1.CCCCOCC1(CC)COC1.CCCCOCC1CO1.Cc1ccc(C2CO2)cc1. The Hall–Kier alpha value is -1.02. The van der Waals surface area contributed by atoms with Gasteiger partial charge in [-0.2, -0.15) is 0 Å². The van der Waals surface area contributed by atoms with Gasteiger partial charge in [0.2, 0.25) is 0 Å². The zero-order valence-corrected chi connectivity index (χ0v) is 26.9. The zero-order valence-electron chi connectivity index (χ0n) is 26.9. The molecule has 1 aromatic rings. The first-order chi connectivity index (χ1) is 20.0. The van der Waals surface area contributed by atoms with Crippen LogP contribution in [0.2, 0.25) is 0 Å². The Labute approximate surface area is 251 Å². The van der Waals surface area contributed by atoms with Gasteiger partial charge in [-0.25, -0.2) is 0 Å². The maximum Gasteiger partial charge on any atom is 0.106 e. The molecule has 4 aliphatic heterocycles. The summed E-state index contributed by atoms with van der Waals surface area (Å²) in [6.07, 6.45) is 15.1. The van der Waals surface area contributed by atoms with Gasteiger partial charge >= 0.3 is 0 Å². The Morgan fingerprint density at radius 3 is 2.02 bits per heavy atom. The Kier molecular flexibility index (Phi) is 16.2. The molecule has 4 heterocycles. The van der Waals surface area contributed by atoms with Gasteiger partial charge in [0, 0.05) is 18.6 Å². The van der Waals surface area contributed by atoms with E-state index in [1.54, 1.807) is 0 Å². The van der Waals surface area contributed by atoms with Crippen LogP contribution in [0.4, 0.5) is 0 Å². The van der Waals surface area contributed by atoms with Crippen LogP contribution in [0, 0.1) is 18.3 Å². The number of rotatable bonds is 14. The van der Waals surface area contributed by atoms with Crippen LogP contribution in [-0.2, 0) is 28.4 Å². The molecule has 4 saturated heterocycles. The molecule has 6 heteroatoms. The summed E-state index contributed by atoms with van der Waals surface area (Å²) in [6, 6.07) is 8.51. The molecular weight excluding hydrogens is 516 g/mol. The second-order valence-corrected chi connectivity index (χ2v) is 12.5. The third-order valence-electron chi connectivity index (χ3n) is 8.56. The van der Waals surface area contributed by atoms with Crippen LogP contribution in [0.25, 0.3) is 0 Å². The van der Waals surface area contributed by atoms with E-state index in [0.29, 0.717) is 29.8 Å². The maximum absolute atomic E-state index is 5.59. The van der Waals surface area contributed by atoms with Crippen molar-refractivity contribution < 1.29 is 28.4 Å². The van der Waals surface area contributed by atoms with Crippen molar-refractivity contribution in [3.63, 3.8) is 0 Å². The highest BCUT2D eigenvalue weighted by Gasteiger charge is 2.43. The summed E-state index contributed by atoms with van der Waals surface area (Å²) >= 11 is 0. The molecule has 5 fully saturated rings. The number of aryl methyl sites for hydroxylation is 1. The third-order valence-corrected chi connectivity index (χ3v) is 8.56. The number of epoxide rings is 3. The highest BCUT2D eigenvalue weighted by atomic mass is 16.6. The molecule has 0 amide bonds. The first-order valence-electron chi connectivity index (χ1n) is 16.7. The molecule has 5 aliphatic rings. The van der Waals surface area contributed by atoms with E-state index in [2.05, 4.69) is 58.9 Å². The van der Waals surface area contributed by atoms with Gasteiger partial charge in [-0.3, -0.25) is 0 Å². The lowest BCUT2D eigenvalue weighted by atomic mass is 9.84. The van der Waals surface area contributed by atoms with Gasteiger partial charge in [-0.05, 0) is 56.9 Å². The van der Waals surface area contributed by atoms with E-state index < -0.39 is 0 Å². The normalized spacial score (nSPS) is 27.8. The van der Waals surface area contributed by atoms with Crippen molar-refractivity contribution in [3.05, 3.63) is 35.4 Å². The fourth-order valence-electron chi connectivity index (χ4n) is 5.12. The number of ether oxygens (including phenoxy) is 6. The van der Waals surface area contributed by atoms with Crippen molar-refractivity contribution >= 4 is 0 Å². The van der Waals surface area contributed by atoms with Crippen molar-refractivity contribution in [2.45, 2.75) is 123 Å². The Bertz CT molecular complexity index is 781. The average molecular weight is 577 g/mol. The van der Waals surface area contributed by atoms with Crippen LogP contribution >= 0.6 is 0 Å². The first-order valence-corrected chi connectivity index (χ1v) is 16.7. The number of hydrogen-bond acceptors (Lipinski definition) is 6. The Morgan fingerprint density at radius 2 is 1.51 bits per heavy atom.